The molecule has 5 nitrogen and oxygen atoms in total. The van der Waals surface area contributed by atoms with Crippen LogP contribution in [0, 0.1) is 5.92 Å². The van der Waals surface area contributed by atoms with Gasteiger partial charge in [-0.05, 0) is 25.4 Å². The Balaban J connectivity index is 2.19. The van der Waals surface area contributed by atoms with Crippen LogP contribution in [0.2, 0.25) is 0 Å². The SMILES string of the molecule is CCCNC(=O)CN(C)C(=O)CC1CNC1. The number of nitrogens with zero attached hydrogens (tertiary/aromatic N) is 1. The van der Waals surface area contributed by atoms with Crippen molar-refractivity contribution in [3.8, 4) is 0 Å². The summed E-state index contributed by atoms with van der Waals surface area (Å²) in [6, 6.07) is 0. The summed E-state index contributed by atoms with van der Waals surface area (Å²) in [4.78, 5) is 24.5. The number of carbonyl (C=O) groups is 2. The standard InChI is InChI=1S/C11H21N3O2/c1-3-4-13-10(15)8-14(2)11(16)5-9-6-12-7-9/h9,12H,3-8H2,1-2H3,(H,13,15). The van der Waals surface area contributed by atoms with Gasteiger partial charge in [0.15, 0.2) is 0 Å². The molecule has 0 unspecified atom stereocenters. The molecule has 16 heavy (non-hydrogen) atoms. The van der Waals surface area contributed by atoms with Gasteiger partial charge in [-0.15, -0.1) is 0 Å². The monoisotopic (exact) mass is 227 g/mol. The highest BCUT2D eigenvalue weighted by atomic mass is 16.2. The average Bonchev–Trinajstić information content (AvgIpc) is 2.20. The van der Waals surface area contributed by atoms with Gasteiger partial charge in [-0.25, -0.2) is 0 Å². The lowest BCUT2D eigenvalue weighted by Gasteiger charge is -2.28. The predicted octanol–water partition coefficient (Wildman–Crippen LogP) is -0.419. The number of hydrogen-bond donors (Lipinski definition) is 2. The Hall–Kier alpha value is -1.10. The van der Waals surface area contributed by atoms with Crippen molar-refractivity contribution in [1.29, 1.82) is 0 Å². The summed E-state index contributed by atoms with van der Waals surface area (Å²) >= 11 is 0. The fraction of sp³-hybridized carbons (Fsp3) is 0.818. The van der Waals surface area contributed by atoms with Crippen molar-refractivity contribution in [2.24, 2.45) is 5.92 Å². The molecule has 1 aliphatic heterocycles. The first-order chi connectivity index (χ1) is 7.63. The van der Waals surface area contributed by atoms with Gasteiger partial charge in [-0.2, -0.15) is 0 Å². The molecular weight excluding hydrogens is 206 g/mol. The Bertz CT molecular complexity index is 252. The van der Waals surface area contributed by atoms with E-state index in [0.717, 1.165) is 19.5 Å². The van der Waals surface area contributed by atoms with Crippen LogP contribution in [0.5, 0.6) is 0 Å². The number of carbonyl (C=O) groups excluding carboxylic acids is 2. The summed E-state index contributed by atoms with van der Waals surface area (Å²) in [7, 11) is 1.68. The number of nitrogens with one attached hydrogen (secondary N) is 2. The molecule has 5 heteroatoms. The minimum absolute atomic E-state index is 0.0538. The molecule has 1 saturated heterocycles. The smallest absolute Gasteiger partial charge is 0.239 e. The third-order valence-corrected chi connectivity index (χ3v) is 2.71. The van der Waals surface area contributed by atoms with E-state index in [9.17, 15) is 9.59 Å². The molecule has 0 spiro atoms. The first-order valence-electron chi connectivity index (χ1n) is 5.84. The van der Waals surface area contributed by atoms with E-state index in [1.54, 1.807) is 7.05 Å². The second kappa shape index (κ2) is 6.48. The summed E-state index contributed by atoms with van der Waals surface area (Å²) in [5, 5.41) is 5.88. The van der Waals surface area contributed by atoms with Crippen molar-refractivity contribution >= 4 is 11.8 Å². The van der Waals surface area contributed by atoms with Gasteiger partial charge in [0.25, 0.3) is 0 Å². The molecule has 2 N–H and O–H groups in total. The van der Waals surface area contributed by atoms with Crippen LogP contribution in [-0.4, -0.2) is 49.9 Å². The zero-order chi connectivity index (χ0) is 12.0. The molecule has 1 rings (SSSR count). The van der Waals surface area contributed by atoms with Crippen LogP contribution >= 0.6 is 0 Å². The quantitative estimate of drug-likeness (QED) is 0.648. The highest BCUT2D eigenvalue weighted by Crippen LogP contribution is 2.09. The Morgan fingerprint density at radius 2 is 2.12 bits per heavy atom. The van der Waals surface area contributed by atoms with Gasteiger partial charge in [0, 0.05) is 20.0 Å². The van der Waals surface area contributed by atoms with Gasteiger partial charge in [-0.1, -0.05) is 6.92 Å². The van der Waals surface area contributed by atoms with Crippen molar-refractivity contribution in [3.05, 3.63) is 0 Å². The van der Waals surface area contributed by atoms with Crippen molar-refractivity contribution in [3.63, 3.8) is 0 Å². The third-order valence-electron chi connectivity index (χ3n) is 2.71. The minimum atomic E-state index is -0.0792. The first-order valence-corrected chi connectivity index (χ1v) is 5.84. The molecule has 0 aromatic rings. The van der Waals surface area contributed by atoms with Crippen molar-refractivity contribution in [1.82, 2.24) is 15.5 Å². The average molecular weight is 227 g/mol. The Kier molecular flexibility index (Phi) is 5.25. The summed E-state index contributed by atoms with van der Waals surface area (Å²) in [5.74, 6) is 0.427. The van der Waals surface area contributed by atoms with Gasteiger partial charge >= 0.3 is 0 Å². The van der Waals surface area contributed by atoms with E-state index >= 15 is 0 Å². The van der Waals surface area contributed by atoms with E-state index in [1.807, 2.05) is 6.92 Å². The second-order valence-corrected chi connectivity index (χ2v) is 4.33. The maximum atomic E-state index is 11.7. The fourth-order valence-electron chi connectivity index (χ4n) is 1.52. The second-order valence-electron chi connectivity index (χ2n) is 4.33. The lowest BCUT2D eigenvalue weighted by molar-refractivity contribution is -0.135. The zero-order valence-electron chi connectivity index (χ0n) is 10.1. The molecule has 0 aromatic carbocycles. The highest BCUT2D eigenvalue weighted by molar-refractivity contribution is 5.84. The molecule has 1 heterocycles. The van der Waals surface area contributed by atoms with Crippen molar-refractivity contribution < 1.29 is 9.59 Å². The summed E-state index contributed by atoms with van der Waals surface area (Å²) in [6.45, 7) is 4.67. The van der Waals surface area contributed by atoms with Crippen LogP contribution in [0.3, 0.4) is 0 Å². The normalized spacial score (nSPS) is 15.4. The molecule has 92 valence electrons. The summed E-state index contributed by atoms with van der Waals surface area (Å²) < 4.78 is 0. The van der Waals surface area contributed by atoms with Crippen molar-refractivity contribution in [2.75, 3.05) is 33.2 Å². The topological polar surface area (TPSA) is 61.4 Å². The molecule has 0 bridgehead atoms. The predicted molar refractivity (Wildman–Crippen MR) is 61.9 cm³/mol. The first kappa shape index (κ1) is 13.0. The van der Waals surface area contributed by atoms with Gasteiger partial charge in [-0.3, -0.25) is 9.59 Å². The maximum absolute atomic E-state index is 11.7. The highest BCUT2D eigenvalue weighted by Gasteiger charge is 2.22. The maximum Gasteiger partial charge on any atom is 0.239 e. The Morgan fingerprint density at radius 1 is 1.44 bits per heavy atom. The number of hydrogen-bond acceptors (Lipinski definition) is 3. The minimum Gasteiger partial charge on any atom is -0.355 e. The van der Waals surface area contributed by atoms with E-state index in [0.29, 0.717) is 18.9 Å². The summed E-state index contributed by atoms with van der Waals surface area (Å²) in [5.41, 5.74) is 0. The number of likely N-dealkylation sites (N-methyl/N-ethyl adjacent to an activating group) is 1. The summed E-state index contributed by atoms with van der Waals surface area (Å²) in [6.07, 6.45) is 1.46. The molecule has 0 radical (unpaired) electrons. The van der Waals surface area contributed by atoms with E-state index < -0.39 is 0 Å². The molecule has 1 aliphatic rings. The molecule has 0 aliphatic carbocycles. The van der Waals surface area contributed by atoms with E-state index in [-0.39, 0.29) is 18.4 Å². The zero-order valence-corrected chi connectivity index (χ0v) is 10.1. The van der Waals surface area contributed by atoms with Crippen molar-refractivity contribution in [2.45, 2.75) is 19.8 Å². The van der Waals surface area contributed by atoms with Crippen LogP contribution in [0.1, 0.15) is 19.8 Å². The lowest BCUT2D eigenvalue weighted by Crippen LogP contribution is -2.46. The molecule has 1 fully saturated rings. The number of rotatable bonds is 6. The molecule has 0 aromatic heterocycles. The van der Waals surface area contributed by atoms with E-state index in [2.05, 4.69) is 10.6 Å². The lowest BCUT2D eigenvalue weighted by atomic mass is 9.99. The van der Waals surface area contributed by atoms with Crippen LogP contribution in [0.25, 0.3) is 0 Å². The van der Waals surface area contributed by atoms with Gasteiger partial charge < -0.3 is 15.5 Å². The Labute approximate surface area is 96.6 Å². The molecule has 2 amide bonds. The van der Waals surface area contributed by atoms with Crippen LogP contribution in [0.4, 0.5) is 0 Å². The van der Waals surface area contributed by atoms with Crippen LogP contribution < -0.4 is 10.6 Å². The van der Waals surface area contributed by atoms with E-state index in [1.165, 1.54) is 4.90 Å². The fourth-order valence-corrected chi connectivity index (χ4v) is 1.52. The third kappa shape index (κ3) is 4.18. The number of amides is 2. The molecule has 0 atom stereocenters. The van der Waals surface area contributed by atoms with Gasteiger partial charge in [0.1, 0.15) is 0 Å². The van der Waals surface area contributed by atoms with Gasteiger partial charge in [0.05, 0.1) is 6.54 Å². The van der Waals surface area contributed by atoms with Crippen LogP contribution in [0.15, 0.2) is 0 Å². The Morgan fingerprint density at radius 3 is 2.62 bits per heavy atom. The van der Waals surface area contributed by atoms with Crippen LogP contribution in [-0.2, 0) is 9.59 Å². The van der Waals surface area contributed by atoms with E-state index in [4.69, 9.17) is 0 Å². The molecular formula is C11H21N3O2. The molecule has 0 saturated carbocycles. The van der Waals surface area contributed by atoms with Gasteiger partial charge in [0.2, 0.25) is 11.8 Å². The largest absolute Gasteiger partial charge is 0.355 e.